The van der Waals surface area contributed by atoms with Gasteiger partial charge in [0, 0.05) is 6.04 Å². The molecule has 0 aromatic heterocycles. The highest BCUT2D eigenvalue weighted by Gasteiger charge is 2.32. The Morgan fingerprint density at radius 3 is 1.74 bits per heavy atom. The normalized spacial score (nSPS) is 27.6. The summed E-state index contributed by atoms with van der Waals surface area (Å²) >= 11 is 0. The van der Waals surface area contributed by atoms with E-state index in [-0.39, 0.29) is 19.6 Å². The van der Waals surface area contributed by atoms with Crippen LogP contribution in [0.2, 0.25) is 0 Å². The molecule has 2 atom stereocenters. The van der Waals surface area contributed by atoms with E-state index in [1.54, 1.807) is 0 Å². The largest absolute Gasteiger partial charge is 0.282 e. The number of hydrogen-bond acceptors (Lipinski definition) is 9. The summed E-state index contributed by atoms with van der Waals surface area (Å²) in [4.78, 5) is 0. The second kappa shape index (κ2) is 8.40. The van der Waals surface area contributed by atoms with Crippen LogP contribution >= 0.6 is 22.5 Å². The number of hydrogen-bond donors (Lipinski definition) is 6. The fourth-order valence-electron chi connectivity index (χ4n) is 1.52. The van der Waals surface area contributed by atoms with Gasteiger partial charge in [-0.1, -0.05) is 24.2 Å². The smallest absolute Gasteiger partial charge is 0.245 e. The monoisotopic (exact) mass is 369 g/mol. The van der Waals surface area contributed by atoms with E-state index in [1.165, 1.54) is 0 Å². The Bertz CT molecular complexity index is 762. The molecule has 1 rings (SSSR count). The molecule has 0 saturated carbocycles. The van der Waals surface area contributed by atoms with Crippen LogP contribution in [0.5, 0.6) is 0 Å². The quantitative estimate of drug-likeness (QED) is 0.221. The molecule has 0 saturated heterocycles. The number of terminal acetylenes is 4. The van der Waals surface area contributed by atoms with Gasteiger partial charge in [0.2, 0.25) is 22.5 Å². The molecule has 9 nitrogen and oxygen atoms in total. The standard InChI is InChI=1S/C11H18N9P3/c1-5-9-15-22(13)18-21(12,14-8-4)19-23(20-22,16-10-6-2)17-11-7-3/h1-4,14-17H,9-13H2. The molecular formula is C11H18N9P3. The Labute approximate surface area is 137 Å². The lowest BCUT2D eigenvalue weighted by Crippen LogP contribution is -2.27. The van der Waals surface area contributed by atoms with Crippen molar-refractivity contribution in [3.63, 3.8) is 0 Å². The zero-order valence-electron chi connectivity index (χ0n) is 12.3. The zero-order chi connectivity index (χ0) is 17.4. The fraction of sp³-hybridized carbons (Fsp3) is 0.273. The SMILES string of the molecule is C#CCNP1(N)=NP(N)(NC#C)=NP(NCC#C)(NCC#C)=N1. The summed E-state index contributed by atoms with van der Waals surface area (Å²) < 4.78 is 13.3. The molecule has 0 aliphatic carbocycles. The van der Waals surface area contributed by atoms with Crippen LogP contribution in [0.4, 0.5) is 0 Å². The highest BCUT2D eigenvalue weighted by atomic mass is 31.3. The van der Waals surface area contributed by atoms with Crippen LogP contribution in [0.15, 0.2) is 13.5 Å². The summed E-state index contributed by atoms with van der Waals surface area (Å²) in [6, 6.07) is 2.24. The first-order valence-corrected chi connectivity index (χ1v) is 11.4. The van der Waals surface area contributed by atoms with Crippen molar-refractivity contribution in [1.29, 1.82) is 0 Å². The second-order valence-corrected chi connectivity index (χ2v) is 11.2. The van der Waals surface area contributed by atoms with Crippen molar-refractivity contribution in [2.75, 3.05) is 19.6 Å². The van der Waals surface area contributed by atoms with Crippen LogP contribution in [-0.4, -0.2) is 19.6 Å². The van der Waals surface area contributed by atoms with Crippen molar-refractivity contribution in [1.82, 2.24) is 20.3 Å². The predicted octanol–water partition coefficient (Wildman–Crippen LogP) is 0.605. The summed E-state index contributed by atoms with van der Waals surface area (Å²) in [5.74, 6) is 7.32. The van der Waals surface area contributed by atoms with Crippen LogP contribution in [0.3, 0.4) is 0 Å². The summed E-state index contributed by atoms with van der Waals surface area (Å²) in [7, 11) is -8.70. The molecule has 1 heterocycles. The van der Waals surface area contributed by atoms with Gasteiger partial charge in [-0.3, -0.25) is 16.1 Å². The average Bonchev–Trinajstić information content (AvgIpc) is 2.48. The van der Waals surface area contributed by atoms with Crippen molar-refractivity contribution >= 4 is 22.5 Å². The van der Waals surface area contributed by atoms with Crippen LogP contribution in [-0.2, 0) is 0 Å². The van der Waals surface area contributed by atoms with E-state index >= 15 is 0 Å². The van der Waals surface area contributed by atoms with Gasteiger partial charge in [-0.05, 0) is 0 Å². The third-order valence-corrected chi connectivity index (χ3v) is 11.0. The zero-order valence-corrected chi connectivity index (χ0v) is 15.0. The molecule has 0 radical (unpaired) electrons. The van der Waals surface area contributed by atoms with E-state index in [9.17, 15) is 0 Å². The molecule has 2 unspecified atom stereocenters. The second-order valence-electron chi connectivity index (χ2n) is 4.04. The van der Waals surface area contributed by atoms with Crippen molar-refractivity contribution < 1.29 is 0 Å². The van der Waals surface area contributed by atoms with Gasteiger partial charge in [0.15, 0.2) is 0 Å². The predicted molar refractivity (Wildman–Crippen MR) is 98.9 cm³/mol. The van der Waals surface area contributed by atoms with Crippen LogP contribution in [0.25, 0.3) is 0 Å². The lowest BCUT2D eigenvalue weighted by molar-refractivity contribution is 1.01. The molecule has 122 valence electrons. The minimum Gasteiger partial charge on any atom is -0.282 e. The summed E-state index contributed by atoms with van der Waals surface area (Å²) in [6.45, 7) is 0.532. The van der Waals surface area contributed by atoms with Gasteiger partial charge in [-0.25, -0.2) is 15.3 Å². The molecule has 1 aliphatic rings. The average molecular weight is 369 g/mol. The lowest BCUT2D eigenvalue weighted by Gasteiger charge is -2.32. The van der Waals surface area contributed by atoms with Crippen molar-refractivity contribution in [3.05, 3.63) is 0 Å². The number of nitrogens with two attached hydrogens (primary N) is 2. The molecule has 23 heavy (non-hydrogen) atoms. The molecule has 12 heteroatoms. The summed E-state index contributed by atoms with van der Waals surface area (Å²) in [6.07, 6.45) is 21.1. The van der Waals surface area contributed by atoms with Crippen LogP contribution < -0.4 is 31.4 Å². The molecule has 0 aromatic rings. The van der Waals surface area contributed by atoms with Gasteiger partial charge in [-0.15, -0.1) is 19.3 Å². The Morgan fingerprint density at radius 1 is 0.739 bits per heavy atom. The van der Waals surface area contributed by atoms with Gasteiger partial charge in [0.05, 0.1) is 19.6 Å². The molecular weight excluding hydrogens is 351 g/mol. The van der Waals surface area contributed by atoms with Gasteiger partial charge in [0.1, 0.15) is 0 Å². The Hall–Kier alpha value is -1.47. The molecule has 0 amide bonds. The number of rotatable bonds is 7. The lowest BCUT2D eigenvalue weighted by atomic mass is 10.7. The van der Waals surface area contributed by atoms with Gasteiger partial charge < -0.3 is 0 Å². The minimum atomic E-state index is -2.98. The first kappa shape index (κ1) is 19.6. The van der Waals surface area contributed by atoms with E-state index < -0.39 is 22.5 Å². The molecule has 0 aromatic carbocycles. The van der Waals surface area contributed by atoms with E-state index in [1.807, 2.05) is 0 Å². The molecule has 0 bridgehead atoms. The summed E-state index contributed by atoms with van der Waals surface area (Å²) in [5.41, 5.74) is 12.5. The minimum absolute atomic E-state index is 0.164. The van der Waals surface area contributed by atoms with E-state index in [4.69, 9.17) is 36.7 Å². The molecule has 8 N–H and O–H groups in total. The highest BCUT2D eigenvalue weighted by Crippen LogP contribution is 2.67. The highest BCUT2D eigenvalue weighted by molar-refractivity contribution is 7.83. The Morgan fingerprint density at radius 2 is 1.26 bits per heavy atom. The number of nitrogens with zero attached hydrogens (tertiary/aromatic N) is 3. The van der Waals surface area contributed by atoms with E-state index in [2.05, 4.69) is 57.7 Å². The first-order chi connectivity index (χ1) is 10.9. The van der Waals surface area contributed by atoms with Gasteiger partial charge >= 0.3 is 0 Å². The Balaban J connectivity index is 3.52. The topological polar surface area (TPSA) is 137 Å². The maximum absolute atomic E-state index is 6.26. The van der Waals surface area contributed by atoms with Crippen LogP contribution in [0.1, 0.15) is 0 Å². The third kappa shape index (κ3) is 5.58. The third-order valence-electron chi connectivity index (χ3n) is 2.25. The molecule has 1 aliphatic heterocycles. The maximum Gasteiger partial charge on any atom is 0.245 e. The molecule has 0 spiro atoms. The van der Waals surface area contributed by atoms with Gasteiger partial charge in [-0.2, -0.15) is 13.5 Å². The Kier molecular flexibility index (Phi) is 7.15. The summed E-state index contributed by atoms with van der Waals surface area (Å²) in [5, 5.41) is 11.6. The van der Waals surface area contributed by atoms with E-state index in [0.717, 1.165) is 0 Å². The number of nitrogens with one attached hydrogen (secondary N) is 4. The maximum atomic E-state index is 6.26. The van der Waals surface area contributed by atoms with E-state index in [0.29, 0.717) is 0 Å². The fourth-order valence-corrected chi connectivity index (χ4v) is 10.9. The van der Waals surface area contributed by atoms with Gasteiger partial charge in [0.25, 0.3) is 0 Å². The van der Waals surface area contributed by atoms with Crippen molar-refractivity contribution in [2.24, 2.45) is 24.6 Å². The van der Waals surface area contributed by atoms with Crippen molar-refractivity contribution in [2.45, 2.75) is 0 Å². The first-order valence-electron chi connectivity index (χ1n) is 6.14. The van der Waals surface area contributed by atoms with Crippen LogP contribution in [0, 0.1) is 49.5 Å². The molecule has 0 fully saturated rings. The van der Waals surface area contributed by atoms with Crippen molar-refractivity contribution in [3.8, 4) is 49.5 Å².